The quantitative estimate of drug-likeness (QED) is 0.728. The Bertz CT molecular complexity index is 761. The summed E-state index contributed by atoms with van der Waals surface area (Å²) in [6, 6.07) is 9.83. The van der Waals surface area contributed by atoms with Crippen LogP contribution < -0.4 is 0 Å². The van der Waals surface area contributed by atoms with Crippen LogP contribution in [0.1, 0.15) is 5.69 Å². The van der Waals surface area contributed by atoms with E-state index in [1.807, 2.05) is 6.07 Å². The first-order valence-corrected chi connectivity index (χ1v) is 5.95. The molecule has 0 fully saturated rings. The average molecular weight is 294 g/mol. The van der Waals surface area contributed by atoms with Crippen LogP contribution in [-0.4, -0.2) is 20.0 Å². The third-order valence-corrected chi connectivity index (χ3v) is 2.84. The molecule has 3 rings (SSSR count). The summed E-state index contributed by atoms with van der Waals surface area (Å²) in [5.74, 6) is 0.222. The molecular weight excluding hydrogens is 285 g/mol. The average Bonchev–Trinajstić information content (AvgIpc) is 3.05. The molecule has 0 bridgehead atoms. The van der Waals surface area contributed by atoms with Crippen molar-refractivity contribution in [2.45, 2.75) is 6.18 Å². The van der Waals surface area contributed by atoms with E-state index in [-0.39, 0.29) is 17.5 Å². The van der Waals surface area contributed by atoms with Gasteiger partial charge in [0, 0.05) is 18.7 Å². The summed E-state index contributed by atoms with van der Waals surface area (Å²) in [6.45, 7) is 0. The van der Waals surface area contributed by atoms with Crippen molar-refractivity contribution < 1.29 is 17.6 Å². The maximum atomic E-state index is 12.6. The summed E-state index contributed by atoms with van der Waals surface area (Å²) < 4.78 is 44.3. The summed E-state index contributed by atoms with van der Waals surface area (Å²) in [5.41, 5.74) is -0.203. The van der Waals surface area contributed by atoms with E-state index in [2.05, 4.69) is 15.3 Å². The van der Waals surface area contributed by atoms with Gasteiger partial charge in [-0.15, -0.1) is 10.2 Å². The van der Waals surface area contributed by atoms with Crippen LogP contribution in [0.2, 0.25) is 0 Å². The van der Waals surface area contributed by atoms with Gasteiger partial charge in [0.1, 0.15) is 5.69 Å². The van der Waals surface area contributed by atoms with Crippen molar-refractivity contribution in [2.75, 3.05) is 0 Å². The number of hydrogen-bond acceptors (Lipinski definition) is 4. The highest BCUT2D eigenvalue weighted by molar-refractivity contribution is 5.55. The lowest BCUT2D eigenvalue weighted by Gasteiger charge is -1.98. The van der Waals surface area contributed by atoms with Crippen molar-refractivity contribution in [3.63, 3.8) is 0 Å². The van der Waals surface area contributed by atoms with E-state index in [0.717, 1.165) is 10.7 Å². The van der Waals surface area contributed by atoms with Gasteiger partial charge < -0.3 is 4.42 Å². The van der Waals surface area contributed by atoms with Crippen LogP contribution >= 0.6 is 0 Å². The second-order valence-corrected chi connectivity index (χ2v) is 4.31. The Hall–Kier alpha value is -2.64. The van der Waals surface area contributed by atoms with Crippen LogP contribution in [-0.2, 0) is 13.2 Å². The molecule has 108 valence electrons. The standard InChI is InChI=1S/C13H9F3N4O/c1-20-9(7-10(19-20)13(14,15)16)12-18-17-11(21-12)8-5-3-2-4-6-8/h2-7H,1H3. The monoisotopic (exact) mass is 294 g/mol. The Morgan fingerprint density at radius 3 is 2.33 bits per heavy atom. The van der Waals surface area contributed by atoms with Gasteiger partial charge in [0.2, 0.25) is 5.89 Å². The molecular formula is C13H9F3N4O. The van der Waals surface area contributed by atoms with Gasteiger partial charge in [0.15, 0.2) is 5.69 Å². The number of aryl methyl sites for hydroxylation is 1. The molecule has 2 aromatic heterocycles. The molecule has 0 spiro atoms. The molecule has 0 aliphatic rings. The zero-order valence-corrected chi connectivity index (χ0v) is 10.8. The Labute approximate surface area is 117 Å². The minimum atomic E-state index is -4.52. The highest BCUT2D eigenvalue weighted by Gasteiger charge is 2.35. The van der Waals surface area contributed by atoms with Crippen LogP contribution in [0.25, 0.3) is 23.0 Å². The van der Waals surface area contributed by atoms with Gasteiger partial charge >= 0.3 is 6.18 Å². The molecule has 0 unspecified atom stereocenters. The van der Waals surface area contributed by atoms with Crippen molar-refractivity contribution in [1.82, 2.24) is 20.0 Å². The molecule has 5 nitrogen and oxygen atoms in total. The molecule has 0 aliphatic carbocycles. The predicted octanol–water partition coefficient (Wildman–Crippen LogP) is 3.16. The Balaban J connectivity index is 1.99. The van der Waals surface area contributed by atoms with Gasteiger partial charge in [-0.3, -0.25) is 4.68 Å². The molecule has 3 aromatic rings. The number of benzene rings is 1. The zero-order chi connectivity index (χ0) is 15.0. The van der Waals surface area contributed by atoms with E-state index in [9.17, 15) is 13.2 Å². The van der Waals surface area contributed by atoms with E-state index < -0.39 is 11.9 Å². The topological polar surface area (TPSA) is 56.7 Å². The Morgan fingerprint density at radius 1 is 1.05 bits per heavy atom. The van der Waals surface area contributed by atoms with Gasteiger partial charge in [0.05, 0.1) is 0 Å². The Kier molecular flexibility index (Phi) is 3.00. The summed E-state index contributed by atoms with van der Waals surface area (Å²) in [4.78, 5) is 0. The van der Waals surface area contributed by atoms with Crippen LogP contribution in [0.15, 0.2) is 40.8 Å². The maximum absolute atomic E-state index is 12.6. The van der Waals surface area contributed by atoms with Gasteiger partial charge in [-0.2, -0.15) is 18.3 Å². The highest BCUT2D eigenvalue weighted by Crippen LogP contribution is 2.31. The molecule has 2 heterocycles. The molecule has 0 atom stereocenters. The fourth-order valence-corrected chi connectivity index (χ4v) is 1.83. The first-order valence-electron chi connectivity index (χ1n) is 5.95. The molecule has 0 amide bonds. The van der Waals surface area contributed by atoms with Crippen LogP contribution in [0, 0.1) is 0 Å². The van der Waals surface area contributed by atoms with Crippen LogP contribution in [0.5, 0.6) is 0 Å². The summed E-state index contributed by atoms with van der Waals surface area (Å²) in [6.07, 6.45) is -4.52. The number of alkyl halides is 3. The van der Waals surface area contributed by atoms with E-state index in [1.165, 1.54) is 7.05 Å². The van der Waals surface area contributed by atoms with Gasteiger partial charge in [-0.1, -0.05) is 18.2 Å². The second-order valence-electron chi connectivity index (χ2n) is 4.31. The molecule has 0 saturated carbocycles. The fraction of sp³-hybridized carbons (Fsp3) is 0.154. The second kappa shape index (κ2) is 4.72. The summed E-state index contributed by atoms with van der Waals surface area (Å²) in [7, 11) is 1.39. The SMILES string of the molecule is Cn1nc(C(F)(F)F)cc1-c1nnc(-c2ccccc2)o1. The molecule has 1 aromatic carbocycles. The number of rotatable bonds is 2. The molecule has 8 heteroatoms. The van der Waals surface area contributed by atoms with Gasteiger partial charge in [-0.05, 0) is 12.1 Å². The first kappa shape index (κ1) is 13.3. The minimum absolute atomic E-state index is 0.0145. The van der Waals surface area contributed by atoms with Crippen molar-refractivity contribution in [3.05, 3.63) is 42.1 Å². The normalized spacial score (nSPS) is 11.8. The van der Waals surface area contributed by atoms with Crippen molar-refractivity contribution in [3.8, 4) is 23.0 Å². The smallest absolute Gasteiger partial charge is 0.415 e. The van der Waals surface area contributed by atoms with E-state index in [4.69, 9.17) is 4.42 Å². The molecule has 0 radical (unpaired) electrons. The van der Waals surface area contributed by atoms with E-state index in [1.54, 1.807) is 24.3 Å². The van der Waals surface area contributed by atoms with Crippen LogP contribution in [0.4, 0.5) is 13.2 Å². The van der Waals surface area contributed by atoms with E-state index in [0.29, 0.717) is 5.56 Å². The molecule has 0 aliphatic heterocycles. The lowest BCUT2D eigenvalue weighted by molar-refractivity contribution is -0.141. The number of nitrogens with zero attached hydrogens (tertiary/aromatic N) is 4. The molecule has 0 N–H and O–H groups in total. The van der Waals surface area contributed by atoms with Crippen LogP contribution in [0.3, 0.4) is 0 Å². The fourth-order valence-electron chi connectivity index (χ4n) is 1.83. The van der Waals surface area contributed by atoms with Crippen molar-refractivity contribution >= 4 is 0 Å². The highest BCUT2D eigenvalue weighted by atomic mass is 19.4. The van der Waals surface area contributed by atoms with Gasteiger partial charge in [-0.25, -0.2) is 0 Å². The molecule has 21 heavy (non-hydrogen) atoms. The van der Waals surface area contributed by atoms with Crippen molar-refractivity contribution in [1.29, 1.82) is 0 Å². The predicted molar refractivity (Wildman–Crippen MR) is 66.9 cm³/mol. The Morgan fingerprint density at radius 2 is 1.71 bits per heavy atom. The first-order chi connectivity index (χ1) is 9.95. The number of halogens is 3. The minimum Gasteiger partial charge on any atom is -0.415 e. The molecule has 0 saturated heterocycles. The lowest BCUT2D eigenvalue weighted by atomic mass is 10.2. The number of aromatic nitrogens is 4. The number of hydrogen-bond donors (Lipinski definition) is 0. The third-order valence-electron chi connectivity index (χ3n) is 2.84. The summed E-state index contributed by atoms with van der Waals surface area (Å²) >= 11 is 0. The third kappa shape index (κ3) is 2.51. The maximum Gasteiger partial charge on any atom is 0.435 e. The van der Waals surface area contributed by atoms with Crippen molar-refractivity contribution in [2.24, 2.45) is 7.05 Å². The summed E-state index contributed by atoms with van der Waals surface area (Å²) in [5, 5.41) is 11.0. The largest absolute Gasteiger partial charge is 0.435 e. The van der Waals surface area contributed by atoms with Gasteiger partial charge in [0.25, 0.3) is 5.89 Å². The lowest BCUT2D eigenvalue weighted by Crippen LogP contribution is -2.06. The zero-order valence-electron chi connectivity index (χ0n) is 10.8. The van der Waals surface area contributed by atoms with E-state index >= 15 is 0 Å².